The van der Waals surface area contributed by atoms with Gasteiger partial charge >= 0.3 is 11.4 Å². The first-order valence-corrected chi connectivity index (χ1v) is 11.4. The van der Waals surface area contributed by atoms with Crippen molar-refractivity contribution < 1.29 is 0 Å². The SMILES string of the molecule is O=c1n(-c2ccccc2)c(=O)n2n1[C@@H]1C=C[C@H]2[C@H]2[C@@H]1[C@@]1(Cl)C(Cl)=C(Cl)[C@]2(Cl)C1(Cl)Cl. The summed E-state index contributed by atoms with van der Waals surface area (Å²) >= 11 is 40.5. The second-order valence-electron chi connectivity index (χ2n) is 7.97. The van der Waals surface area contributed by atoms with Crippen LogP contribution < -0.4 is 11.4 Å². The van der Waals surface area contributed by atoms with Crippen LogP contribution in [0.15, 0.2) is 62.1 Å². The number of rotatable bonds is 1. The van der Waals surface area contributed by atoms with Gasteiger partial charge in [-0.25, -0.2) is 23.5 Å². The maximum atomic E-state index is 13.4. The van der Waals surface area contributed by atoms with Gasteiger partial charge in [-0.15, -0.1) is 23.2 Å². The van der Waals surface area contributed by atoms with E-state index in [0.29, 0.717) is 5.69 Å². The maximum absolute atomic E-state index is 13.4. The highest BCUT2D eigenvalue weighted by Gasteiger charge is 2.85. The summed E-state index contributed by atoms with van der Waals surface area (Å²) in [4.78, 5) is 23.7. The quantitative estimate of drug-likeness (QED) is 0.405. The zero-order chi connectivity index (χ0) is 21.4. The summed E-state index contributed by atoms with van der Waals surface area (Å²) in [6, 6.07) is 7.45. The molecule has 1 fully saturated rings. The fourth-order valence-corrected chi connectivity index (χ4v) is 8.78. The molecule has 1 aromatic carbocycles. The van der Waals surface area contributed by atoms with Gasteiger partial charge in [0.05, 0.1) is 27.8 Å². The Labute approximate surface area is 199 Å². The molecule has 3 aliphatic carbocycles. The van der Waals surface area contributed by atoms with Crippen molar-refractivity contribution in [2.45, 2.75) is 26.2 Å². The van der Waals surface area contributed by atoms with Gasteiger partial charge in [-0.2, -0.15) is 0 Å². The average Bonchev–Trinajstić information content (AvgIpc) is 3.14. The molecule has 5 nitrogen and oxygen atoms in total. The van der Waals surface area contributed by atoms with E-state index in [9.17, 15) is 9.59 Å². The molecule has 0 spiro atoms. The van der Waals surface area contributed by atoms with Crippen molar-refractivity contribution in [1.29, 1.82) is 0 Å². The summed E-state index contributed by atoms with van der Waals surface area (Å²) < 4.78 is 2.19. The van der Waals surface area contributed by atoms with Gasteiger partial charge < -0.3 is 0 Å². The molecule has 0 radical (unpaired) electrons. The van der Waals surface area contributed by atoms with Gasteiger partial charge in [0.15, 0.2) is 4.33 Å². The first kappa shape index (κ1) is 19.8. The zero-order valence-electron chi connectivity index (χ0n) is 14.8. The van der Waals surface area contributed by atoms with Gasteiger partial charge in [0.1, 0.15) is 9.75 Å². The van der Waals surface area contributed by atoms with Crippen molar-refractivity contribution in [2.24, 2.45) is 11.8 Å². The Hall–Kier alpha value is -0.820. The van der Waals surface area contributed by atoms with Gasteiger partial charge in [-0.05, 0) is 12.1 Å². The van der Waals surface area contributed by atoms with Crippen LogP contribution in [0.25, 0.3) is 5.69 Å². The predicted molar refractivity (Wildman–Crippen MR) is 119 cm³/mol. The van der Waals surface area contributed by atoms with Crippen LogP contribution >= 0.6 is 69.6 Å². The molecule has 4 bridgehead atoms. The van der Waals surface area contributed by atoms with E-state index in [0.717, 1.165) is 4.57 Å². The Balaban J connectivity index is 1.66. The van der Waals surface area contributed by atoms with Crippen molar-refractivity contribution in [2.75, 3.05) is 0 Å². The summed E-state index contributed by atoms with van der Waals surface area (Å²) in [5, 5.41) is 0.162. The average molecular weight is 526 g/mol. The summed E-state index contributed by atoms with van der Waals surface area (Å²) in [5.41, 5.74) is -0.512. The molecule has 0 N–H and O–H groups in total. The summed E-state index contributed by atoms with van der Waals surface area (Å²) in [6.45, 7) is 0. The van der Waals surface area contributed by atoms with Crippen molar-refractivity contribution >= 4 is 69.6 Å². The highest BCUT2D eigenvalue weighted by atomic mass is 35.5. The lowest BCUT2D eigenvalue weighted by Crippen LogP contribution is -2.55. The number of fused-ring (bicyclic) bond motifs is 2. The van der Waals surface area contributed by atoms with E-state index >= 15 is 0 Å². The third-order valence-corrected chi connectivity index (χ3v) is 11.2. The maximum Gasteiger partial charge on any atom is 0.352 e. The minimum atomic E-state index is -1.73. The van der Waals surface area contributed by atoms with E-state index in [1.54, 1.807) is 30.3 Å². The molecule has 156 valence electrons. The number of para-hydroxylation sites is 1. The van der Waals surface area contributed by atoms with E-state index in [1.165, 1.54) is 9.36 Å². The lowest BCUT2D eigenvalue weighted by atomic mass is 9.69. The van der Waals surface area contributed by atoms with E-state index in [4.69, 9.17) is 69.6 Å². The molecule has 0 amide bonds. The molecule has 0 unspecified atom stereocenters. The molecule has 30 heavy (non-hydrogen) atoms. The van der Waals surface area contributed by atoms with E-state index < -0.39 is 49.4 Å². The van der Waals surface area contributed by atoms with Crippen LogP contribution in [0, 0.1) is 11.8 Å². The number of hydrogen-bond donors (Lipinski definition) is 0. The van der Waals surface area contributed by atoms with Crippen LogP contribution in [0.4, 0.5) is 0 Å². The Bertz CT molecular complexity index is 1230. The molecule has 2 aliphatic heterocycles. The summed E-state index contributed by atoms with van der Waals surface area (Å²) in [6.07, 6.45) is 3.66. The highest BCUT2D eigenvalue weighted by Crippen LogP contribution is 2.80. The van der Waals surface area contributed by atoms with Crippen molar-refractivity contribution in [1.82, 2.24) is 13.9 Å². The smallest absolute Gasteiger partial charge is 0.245 e. The van der Waals surface area contributed by atoms with Crippen LogP contribution in [-0.2, 0) is 0 Å². The zero-order valence-corrected chi connectivity index (χ0v) is 19.3. The highest BCUT2D eigenvalue weighted by molar-refractivity contribution is 6.65. The fourth-order valence-electron chi connectivity index (χ4n) is 5.71. The standard InChI is InChI=1S/C19H11Cl6N3O2/c20-13-14(21)18(23)12-10-7-6-9(11(12)17(13,22)19(18,24)25)27-15(29)26(16(30)28(10)27)8-4-2-1-3-5-8/h1-7,9-12H/t9-,10+,11-,12+,17-,18+. The molecular weight excluding hydrogens is 515 g/mol. The Morgan fingerprint density at radius 1 is 0.733 bits per heavy atom. The first-order valence-electron chi connectivity index (χ1n) is 9.11. The third-order valence-electron chi connectivity index (χ3n) is 6.88. The minimum Gasteiger partial charge on any atom is -0.245 e. The molecule has 6 atom stereocenters. The number of halogens is 6. The number of nitrogens with zero attached hydrogens (tertiary/aromatic N) is 3. The number of aromatic nitrogens is 3. The monoisotopic (exact) mass is 523 g/mol. The minimum absolute atomic E-state index is 0.0810. The number of alkyl halides is 4. The van der Waals surface area contributed by atoms with Gasteiger partial charge in [0.25, 0.3) is 0 Å². The molecular formula is C19H11Cl6N3O2. The van der Waals surface area contributed by atoms with Gasteiger partial charge in [-0.1, -0.05) is 76.8 Å². The van der Waals surface area contributed by atoms with Crippen molar-refractivity contribution in [3.05, 3.63) is 73.5 Å². The Morgan fingerprint density at radius 3 is 1.60 bits per heavy atom. The van der Waals surface area contributed by atoms with Crippen molar-refractivity contribution in [3.63, 3.8) is 0 Å². The van der Waals surface area contributed by atoms with Crippen LogP contribution in [0.1, 0.15) is 12.1 Å². The Kier molecular flexibility index (Phi) is 3.80. The number of benzene rings is 1. The largest absolute Gasteiger partial charge is 0.352 e. The van der Waals surface area contributed by atoms with Gasteiger partial charge in [0.2, 0.25) is 0 Å². The molecule has 0 saturated heterocycles. The normalized spacial score (nSPS) is 39.5. The summed E-state index contributed by atoms with van der Waals surface area (Å²) in [5.74, 6) is -1.08. The second-order valence-corrected chi connectivity index (χ2v) is 11.2. The predicted octanol–water partition coefficient (Wildman–Crippen LogP) is 4.54. The number of hydrogen-bond acceptors (Lipinski definition) is 2. The first-order chi connectivity index (χ1) is 14.1. The third kappa shape index (κ3) is 1.78. The lowest BCUT2D eigenvalue weighted by molar-refractivity contribution is 0.0973. The van der Waals surface area contributed by atoms with Gasteiger partial charge in [0, 0.05) is 11.8 Å². The molecule has 2 aromatic rings. The topological polar surface area (TPSA) is 48.9 Å². The van der Waals surface area contributed by atoms with Crippen LogP contribution in [0.5, 0.6) is 0 Å². The molecule has 1 aromatic heterocycles. The second kappa shape index (κ2) is 5.75. The molecule has 5 aliphatic rings. The van der Waals surface area contributed by atoms with E-state index in [2.05, 4.69) is 0 Å². The van der Waals surface area contributed by atoms with Crippen molar-refractivity contribution in [3.8, 4) is 5.69 Å². The van der Waals surface area contributed by atoms with Crippen LogP contribution in [0.2, 0.25) is 0 Å². The van der Waals surface area contributed by atoms with Gasteiger partial charge in [-0.3, -0.25) is 0 Å². The van der Waals surface area contributed by atoms with Crippen LogP contribution in [-0.4, -0.2) is 28.0 Å². The van der Waals surface area contributed by atoms with E-state index in [-0.39, 0.29) is 10.1 Å². The molecule has 7 rings (SSSR count). The lowest BCUT2D eigenvalue weighted by Gasteiger charge is -2.50. The van der Waals surface area contributed by atoms with E-state index in [1.807, 2.05) is 12.2 Å². The Morgan fingerprint density at radius 2 is 1.17 bits per heavy atom. The number of allylic oxidation sites excluding steroid dienone is 4. The molecule has 1 saturated carbocycles. The summed E-state index contributed by atoms with van der Waals surface area (Å²) in [7, 11) is 0. The van der Waals surface area contributed by atoms with Crippen LogP contribution in [0.3, 0.4) is 0 Å². The molecule has 11 heteroatoms. The molecule has 3 heterocycles. The fraction of sp³-hybridized carbons (Fsp3) is 0.368.